The average Bonchev–Trinajstić information content (AvgIpc) is 0.669. The fraction of sp³-hybridized carbons (Fsp3) is 0.452. The molecular weight excluding hydrogens is 1430 g/mol. The van der Waals surface area contributed by atoms with Crippen LogP contribution in [0.2, 0.25) is 0 Å². The summed E-state index contributed by atoms with van der Waals surface area (Å²) in [4.78, 5) is 1.78. The highest BCUT2D eigenvalue weighted by Crippen LogP contribution is 2.41. The molecule has 0 amide bonds. The molecule has 0 aliphatic heterocycles. The Morgan fingerprint density at radius 3 is 0.447 bits per heavy atom. The van der Waals surface area contributed by atoms with Gasteiger partial charge in [0.2, 0.25) is 0 Å². The van der Waals surface area contributed by atoms with Gasteiger partial charge in [-0.05, 0) is 25.7 Å². The fourth-order valence-corrected chi connectivity index (χ4v) is 13.8. The molecule has 30 heteroatoms. The average molecular weight is 1500 g/mol. The second-order valence-electron chi connectivity index (χ2n) is 26.0. The number of hydrogen-bond donors (Lipinski definition) is 1. The molecule has 0 saturated carbocycles. The van der Waals surface area contributed by atoms with Gasteiger partial charge in [0.25, 0.3) is 0 Å². The summed E-state index contributed by atoms with van der Waals surface area (Å²) in [6, 6.07) is 0. The van der Waals surface area contributed by atoms with Crippen LogP contribution in [0, 0.1) is 163 Å². The maximum Gasteiger partial charge on any atom is 0.198 e. The van der Waals surface area contributed by atoms with Gasteiger partial charge >= 0.3 is 0 Å². The molecule has 8 aromatic carbocycles. The van der Waals surface area contributed by atoms with Crippen molar-refractivity contribution in [2.45, 2.75) is 194 Å². The second-order valence-corrected chi connectivity index (χ2v) is 26.0. The van der Waals surface area contributed by atoms with Crippen molar-refractivity contribution in [3.8, 4) is 0 Å². The van der Waals surface area contributed by atoms with Crippen LogP contribution in [-0.2, 0) is 0 Å². The van der Waals surface area contributed by atoms with Crippen LogP contribution >= 0.6 is 0 Å². The lowest BCUT2D eigenvalue weighted by Crippen LogP contribution is -3.09. The Labute approximate surface area is 573 Å². The minimum Gasteiger partial charge on any atom is -0.337 e. The van der Waals surface area contributed by atoms with Crippen molar-refractivity contribution in [2.75, 3.05) is 20.1 Å². The highest BCUT2D eigenvalue weighted by Gasteiger charge is 2.52. The largest absolute Gasteiger partial charge is 0.337 e. The molecule has 1 N–H and O–H groups in total. The number of halogens is 28. The Kier molecular flexibility index (Phi) is 29.3. The van der Waals surface area contributed by atoms with Crippen molar-refractivity contribution >= 4 is 71.1 Å². The first-order valence-electron chi connectivity index (χ1n) is 34.1. The van der Waals surface area contributed by atoms with E-state index in [2.05, 4.69) is 20.9 Å². The summed E-state index contributed by atoms with van der Waals surface area (Å²) in [5.74, 6) is -102. The standard InChI is InChI=1S/C40BF28.C33H69N/c42-13-1-5(25(54)37(66)33(62)21(1)50)17(46)29(58)9(13)41(10-14(43)2-6(18(47)30(10)59)26(55)38(67)34(63)22(2)51,11-15(44)3-7(19(48)31(11)60)27(56)39(68)35(64)23(3)52)12-16(45)4-8(20(49)32(12)61)28(57)40(69)36(65)24(4)53;1-4-6-8-10-12-14-16-18-20-22-24-26-28-30-32-34(3)33-31-29-27-25-23-21-19-17-15-13-11-9-7-5-2/h;4-33H2,1-3H3/q-1;/p+1. The number of benzene rings is 8. The van der Waals surface area contributed by atoms with Gasteiger partial charge in [0.1, 0.15) is 52.7 Å². The van der Waals surface area contributed by atoms with E-state index in [1.54, 1.807) is 4.90 Å². The Morgan fingerprint density at radius 2 is 0.291 bits per heavy atom. The third-order valence-electron chi connectivity index (χ3n) is 19.1. The van der Waals surface area contributed by atoms with Gasteiger partial charge in [0, 0.05) is 0 Å². The second kappa shape index (κ2) is 36.2. The Morgan fingerprint density at radius 1 is 0.165 bits per heavy atom. The van der Waals surface area contributed by atoms with Crippen molar-refractivity contribution in [2.24, 2.45) is 0 Å². The van der Waals surface area contributed by atoms with E-state index < -0.39 is 234 Å². The first kappa shape index (κ1) is 83.1. The number of nitrogens with one attached hydrogen (secondary N) is 1. The number of hydrogen-bond acceptors (Lipinski definition) is 0. The summed E-state index contributed by atoms with van der Waals surface area (Å²) in [6.45, 7) is 7.41. The summed E-state index contributed by atoms with van der Waals surface area (Å²) in [5.41, 5.74) is -15.9. The van der Waals surface area contributed by atoms with E-state index in [4.69, 9.17) is 0 Å². The van der Waals surface area contributed by atoms with E-state index in [1.165, 1.54) is 193 Å². The Bertz CT molecular complexity index is 3900. The molecule has 0 atom stereocenters. The summed E-state index contributed by atoms with van der Waals surface area (Å²) >= 11 is 0. The molecular formula is C73H70BF28N. The molecule has 566 valence electrons. The van der Waals surface area contributed by atoms with Gasteiger partial charge in [-0.25, -0.2) is 123 Å². The highest BCUT2D eigenvalue weighted by molar-refractivity contribution is 7.20. The van der Waals surface area contributed by atoms with Crippen molar-refractivity contribution < 1.29 is 128 Å². The molecule has 0 heterocycles. The molecule has 0 aliphatic carbocycles. The molecule has 0 radical (unpaired) electrons. The minimum atomic E-state index is -7.99. The Hall–Kier alpha value is -7.14. The van der Waals surface area contributed by atoms with E-state index in [9.17, 15) is 35.1 Å². The fourth-order valence-electron chi connectivity index (χ4n) is 13.8. The Balaban J connectivity index is 0.000000370. The lowest BCUT2D eigenvalue weighted by Gasteiger charge is -2.45. The normalized spacial score (nSPS) is 12.1. The maximum absolute atomic E-state index is 17.4. The lowest BCUT2D eigenvalue weighted by atomic mass is 9.12. The molecule has 0 spiro atoms. The lowest BCUT2D eigenvalue weighted by molar-refractivity contribution is -0.880. The van der Waals surface area contributed by atoms with Crippen LogP contribution in [0.15, 0.2) is 0 Å². The van der Waals surface area contributed by atoms with Crippen LogP contribution in [0.5, 0.6) is 0 Å². The van der Waals surface area contributed by atoms with E-state index in [0.717, 1.165) is 0 Å². The molecule has 8 aromatic rings. The first-order chi connectivity index (χ1) is 48.8. The predicted molar refractivity (Wildman–Crippen MR) is 336 cm³/mol. The molecule has 0 bridgehead atoms. The third kappa shape index (κ3) is 16.2. The van der Waals surface area contributed by atoms with Crippen molar-refractivity contribution in [1.29, 1.82) is 0 Å². The molecule has 0 aliphatic rings. The molecule has 103 heavy (non-hydrogen) atoms. The molecule has 0 fully saturated rings. The van der Waals surface area contributed by atoms with Crippen LogP contribution in [-0.4, -0.2) is 26.3 Å². The van der Waals surface area contributed by atoms with Crippen LogP contribution in [0.25, 0.3) is 43.1 Å². The molecule has 0 unspecified atom stereocenters. The van der Waals surface area contributed by atoms with Crippen LogP contribution in [0.4, 0.5) is 123 Å². The molecule has 1 nitrogen and oxygen atoms in total. The summed E-state index contributed by atoms with van der Waals surface area (Å²) in [5, 5.41) is -25.0. The van der Waals surface area contributed by atoms with Crippen LogP contribution in [0.1, 0.15) is 194 Å². The molecule has 8 rings (SSSR count). The van der Waals surface area contributed by atoms with Crippen molar-refractivity contribution in [3.05, 3.63) is 163 Å². The van der Waals surface area contributed by atoms with Crippen molar-refractivity contribution in [3.63, 3.8) is 0 Å². The number of rotatable bonds is 34. The SMILES string of the molecule is CCCCCCCCCCCCCCCC[NH+](C)CCCCCCCCCCCCCCCC.Fc1c(F)c(F)c2c(F)c([B-](c3c(F)c(F)c4c(F)c(F)c(F)c(F)c4c3F)(c3c(F)c(F)c4c(F)c(F)c(F)c(F)c4c3F)c3c(F)c(F)c4c(F)c(F)c(F)c(F)c4c3F)c(F)c(F)c2c1F. The highest BCUT2D eigenvalue weighted by atomic mass is 19.2. The van der Waals surface area contributed by atoms with E-state index in [0.29, 0.717) is 0 Å². The van der Waals surface area contributed by atoms with Crippen LogP contribution < -0.4 is 26.8 Å². The minimum absolute atomic E-state index is 1.37. The zero-order valence-electron chi connectivity index (χ0n) is 55.9. The van der Waals surface area contributed by atoms with Gasteiger partial charge in [-0.15, -0.1) is 21.9 Å². The van der Waals surface area contributed by atoms with Crippen LogP contribution in [0.3, 0.4) is 0 Å². The van der Waals surface area contributed by atoms with Gasteiger partial charge in [-0.2, -0.15) is 0 Å². The quantitative estimate of drug-likeness (QED) is 0.0135. The topological polar surface area (TPSA) is 4.44 Å². The van der Waals surface area contributed by atoms with E-state index >= 15 is 87.8 Å². The summed E-state index contributed by atoms with van der Waals surface area (Å²) in [6.07, 6.45) is 33.1. The predicted octanol–water partition coefficient (Wildman–Crippen LogP) is 22.0. The first-order valence-corrected chi connectivity index (χ1v) is 34.1. The summed E-state index contributed by atoms with van der Waals surface area (Å²) in [7, 11) is 2.42. The monoisotopic (exact) mass is 1500 g/mol. The van der Waals surface area contributed by atoms with Gasteiger partial charge in [0.05, 0.1) is 63.2 Å². The summed E-state index contributed by atoms with van der Waals surface area (Å²) < 4.78 is 442. The maximum atomic E-state index is 17.4. The zero-order valence-corrected chi connectivity index (χ0v) is 55.9. The molecule has 0 saturated heterocycles. The van der Waals surface area contributed by atoms with Gasteiger partial charge in [-0.3, -0.25) is 0 Å². The van der Waals surface area contributed by atoms with Gasteiger partial charge in [0.15, 0.2) is 116 Å². The number of quaternary nitrogens is 1. The zero-order chi connectivity index (χ0) is 76.4. The number of unbranched alkanes of at least 4 members (excludes halogenated alkanes) is 26. The number of fused-ring (bicyclic) bond motifs is 4. The molecule has 0 aromatic heterocycles. The smallest absolute Gasteiger partial charge is 0.198 e. The van der Waals surface area contributed by atoms with Gasteiger partial charge < -0.3 is 4.90 Å². The van der Waals surface area contributed by atoms with Crippen molar-refractivity contribution in [1.82, 2.24) is 0 Å². The van der Waals surface area contributed by atoms with E-state index in [1.807, 2.05) is 0 Å². The van der Waals surface area contributed by atoms with Gasteiger partial charge in [-0.1, -0.05) is 168 Å². The third-order valence-corrected chi connectivity index (χ3v) is 19.1. The van der Waals surface area contributed by atoms with E-state index in [-0.39, 0.29) is 0 Å².